The van der Waals surface area contributed by atoms with Crippen molar-refractivity contribution in [3.8, 4) is 5.69 Å². The predicted octanol–water partition coefficient (Wildman–Crippen LogP) is 4.15. The molecule has 7 heteroatoms. The summed E-state index contributed by atoms with van der Waals surface area (Å²) in [4.78, 5) is 16.2. The van der Waals surface area contributed by atoms with Crippen LogP contribution in [0.15, 0.2) is 53.3 Å². The lowest BCUT2D eigenvalue weighted by Gasteiger charge is -2.10. The van der Waals surface area contributed by atoms with E-state index < -0.39 is 17.5 Å². The molecule has 1 heterocycles. The second kappa shape index (κ2) is 7.14. The maximum absolute atomic E-state index is 14.3. The number of amides is 1. The smallest absolute Gasteiger partial charge is 0.252 e. The lowest BCUT2D eigenvalue weighted by molar-refractivity contribution is 0.0949. The van der Waals surface area contributed by atoms with E-state index in [0.29, 0.717) is 21.5 Å². The van der Waals surface area contributed by atoms with E-state index in [2.05, 4.69) is 26.2 Å². The minimum Gasteiger partial charge on any atom is -0.348 e. The van der Waals surface area contributed by atoms with Gasteiger partial charge in [0.1, 0.15) is 17.5 Å². The summed E-state index contributed by atoms with van der Waals surface area (Å²) in [5, 5.41) is 2.65. The first-order valence-electron chi connectivity index (χ1n) is 7.47. The second-order valence-electron chi connectivity index (χ2n) is 5.44. The molecule has 0 unspecified atom stereocenters. The average molecular weight is 406 g/mol. The summed E-state index contributed by atoms with van der Waals surface area (Å²) in [5.74, 6) is -0.684. The van der Waals surface area contributed by atoms with Gasteiger partial charge in [0.15, 0.2) is 0 Å². The van der Waals surface area contributed by atoms with Crippen LogP contribution in [0.2, 0.25) is 0 Å². The van der Waals surface area contributed by atoms with Gasteiger partial charge in [-0.1, -0.05) is 6.07 Å². The third-order valence-corrected chi connectivity index (χ3v) is 4.41. The third-order valence-electron chi connectivity index (χ3n) is 3.72. The largest absolute Gasteiger partial charge is 0.348 e. The number of nitrogens with one attached hydrogen (secondary N) is 1. The highest BCUT2D eigenvalue weighted by molar-refractivity contribution is 9.10. The molecular weight excluding hydrogens is 392 g/mol. The molecule has 0 spiro atoms. The van der Waals surface area contributed by atoms with Gasteiger partial charge in [0.05, 0.1) is 11.3 Å². The first kappa shape index (κ1) is 17.3. The molecule has 0 aliphatic rings. The highest BCUT2D eigenvalue weighted by atomic mass is 79.9. The predicted molar refractivity (Wildman–Crippen MR) is 93.5 cm³/mol. The molecule has 0 saturated heterocycles. The summed E-state index contributed by atoms with van der Waals surface area (Å²) in [6.07, 6.45) is 3.27. The van der Waals surface area contributed by atoms with E-state index in [9.17, 15) is 13.6 Å². The normalized spacial score (nSPS) is 10.7. The Hall–Kier alpha value is -2.54. The summed E-state index contributed by atoms with van der Waals surface area (Å²) >= 11 is 3.21. The van der Waals surface area contributed by atoms with Crippen molar-refractivity contribution >= 4 is 21.8 Å². The standard InChI is InChI=1S/C18H14BrF2N3O/c1-11-22-6-7-24(11)17-5-2-12(8-16(17)21)10-23-18(25)14-9-13(20)3-4-15(14)19/h2-9H,10H2,1H3,(H,23,25). The molecule has 0 saturated carbocycles. The number of benzene rings is 2. The van der Waals surface area contributed by atoms with E-state index in [-0.39, 0.29) is 12.1 Å². The molecule has 0 aliphatic carbocycles. The molecule has 3 rings (SSSR count). The first-order valence-corrected chi connectivity index (χ1v) is 8.27. The summed E-state index contributed by atoms with van der Waals surface area (Å²) < 4.78 is 29.7. The van der Waals surface area contributed by atoms with Crippen molar-refractivity contribution in [2.45, 2.75) is 13.5 Å². The van der Waals surface area contributed by atoms with Gasteiger partial charge in [-0.2, -0.15) is 0 Å². The molecule has 1 N–H and O–H groups in total. The molecule has 2 aromatic carbocycles. The monoisotopic (exact) mass is 405 g/mol. The Bertz CT molecular complexity index is 940. The summed E-state index contributed by atoms with van der Waals surface area (Å²) in [6.45, 7) is 1.91. The van der Waals surface area contributed by atoms with Gasteiger partial charge in [-0.25, -0.2) is 13.8 Å². The molecule has 25 heavy (non-hydrogen) atoms. The minimum absolute atomic E-state index is 0.127. The molecule has 0 fully saturated rings. The van der Waals surface area contributed by atoms with E-state index in [1.807, 2.05) is 0 Å². The first-order chi connectivity index (χ1) is 12.0. The van der Waals surface area contributed by atoms with Gasteiger partial charge in [-0.05, 0) is 58.7 Å². The lowest BCUT2D eigenvalue weighted by Crippen LogP contribution is -2.23. The Labute approximate surface area is 151 Å². The molecule has 3 aromatic rings. The second-order valence-corrected chi connectivity index (χ2v) is 6.29. The third kappa shape index (κ3) is 3.76. The highest BCUT2D eigenvalue weighted by Gasteiger charge is 2.12. The van der Waals surface area contributed by atoms with Gasteiger partial charge in [0.2, 0.25) is 0 Å². The topological polar surface area (TPSA) is 46.9 Å². The van der Waals surface area contributed by atoms with Crippen LogP contribution in [0.5, 0.6) is 0 Å². The Balaban J connectivity index is 1.74. The number of aromatic nitrogens is 2. The Morgan fingerprint density at radius 1 is 1.24 bits per heavy atom. The number of halogens is 3. The molecule has 128 valence electrons. The molecular formula is C18H14BrF2N3O. The number of aryl methyl sites for hydroxylation is 1. The van der Waals surface area contributed by atoms with Crippen molar-refractivity contribution in [1.82, 2.24) is 14.9 Å². The maximum atomic E-state index is 14.3. The van der Waals surface area contributed by atoms with E-state index in [1.165, 1.54) is 18.2 Å². The van der Waals surface area contributed by atoms with Crippen molar-refractivity contribution in [3.05, 3.63) is 81.9 Å². The van der Waals surface area contributed by atoms with Crippen LogP contribution in [0.4, 0.5) is 8.78 Å². The zero-order chi connectivity index (χ0) is 18.0. The molecule has 0 bridgehead atoms. The number of hydrogen-bond acceptors (Lipinski definition) is 2. The zero-order valence-electron chi connectivity index (χ0n) is 13.3. The van der Waals surface area contributed by atoms with Crippen LogP contribution in [-0.2, 0) is 6.54 Å². The van der Waals surface area contributed by atoms with Gasteiger partial charge in [0.25, 0.3) is 5.91 Å². The fraction of sp³-hybridized carbons (Fsp3) is 0.111. The van der Waals surface area contributed by atoms with Crippen molar-refractivity contribution < 1.29 is 13.6 Å². The van der Waals surface area contributed by atoms with Crippen LogP contribution in [0.1, 0.15) is 21.7 Å². The number of hydrogen-bond donors (Lipinski definition) is 1. The van der Waals surface area contributed by atoms with Crippen LogP contribution in [-0.4, -0.2) is 15.5 Å². The number of rotatable bonds is 4. The van der Waals surface area contributed by atoms with E-state index in [4.69, 9.17) is 0 Å². The Morgan fingerprint density at radius 2 is 2.04 bits per heavy atom. The van der Waals surface area contributed by atoms with Crippen molar-refractivity contribution in [2.24, 2.45) is 0 Å². The molecule has 1 aromatic heterocycles. The number of carbonyl (C=O) groups excluding carboxylic acids is 1. The van der Waals surface area contributed by atoms with Crippen molar-refractivity contribution in [3.63, 3.8) is 0 Å². The molecule has 0 atom stereocenters. The minimum atomic E-state index is -0.501. The molecule has 0 aliphatic heterocycles. The number of carbonyl (C=O) groups is 1. The Morgan fingerprint density at radius 3 is 2.72 bits per heavy atom. The van der Waals surface area contributed by atoms with Crippen LogP contribution in [0, 0.1) is 18.6 Å². The van der Waals surface area contributed by atoms with Crippen LogP contribution >= 0.6 is 15.9 Å². The van der Waals surface area contributed by atoms with E-state index in [0.717, 1.165) is 6.07 Å². The summed E-state index contributed by atoms with van der Waals surface area (Å²) in [6, 6.07) is 8.57. The van der Waals surface area contributed by atoms with E-state index >= 15 is 0 Å². The summed E-state index contributed by atoms with van der Waals surface area (Å²) in [7, 11) is 0. The maximum Gasteiger partial charge on any atom is 0.252 e. The van der Waals surface area contributed by atoms with Gasteiger partial charge in [0, 0.05) is 23.4 Å². The van der Waals surface area contributed by atoms with Gasteiger partial charge < -0.3 is 9.88 Å². The van der Waals surface area contributed by atoms with Crippen molar-refractivity contribution in [1.29, 1.82) is 0 Å². The lowest BCUT2D eigenvalue weighted by atomic mass is 10.1. The molecule has 0 radical (unpaired) electrons. The fourth-order valence-corrected chi connectivity index (χ4v) is 2.86. The summed E-state index contributed by atoms with van der Waals surface area (Å²) in [5.41, 5.74) is 1.17. The molecule has 4 nitrogen and oxygen atoms in total. The van der Waals surface area contributed by atoms with Gasteiger partial charge >= 0.3 is 0 Å². The fourth-order valence-electron chi connectivity index (χ4n) is 2.44. The number of imidazole rings is 1. The van der Waals surface area contributed by atoms with Crippen molar-refractivity contribution in [2.75, 3.05) is 0 Å². The zero-order valence-corrected chi connectivity index (χ0v) is 14.8. The van der Waals surface area contributed by atoms with Crippen LogP contribution in [0.3, 0.4) is 0 Å². The quantitative estimate of drug-likeness (QED) is 0.708. The van der Waals surface area contributed by atoms with E-state index in [1.54, 1.807) is 36.0 Å². The SMILES string of the molecule is Cc1nccn1-c1ccc(CNC(=O)c2cc(F)ccc2Br)cc1F. The van der Waals surface area contributed by atoms with Gasteiger partial charge in [-0.15, -0.1) is 0 Å². The van der Waals surface area contributed by atoms with Crippen LogP contribution < -0.4 is 5.32 Å². The molecule has 1 amide bonds. The average Bonchev–Trinajstić information content (AvgIpc) is 3.01. The Kier molecular flexibility index (Phi) is 4.94. The number of nitrogens with zero attached hydrogens (tertiary/aromatic N) is 2. The van der Waals surface area contributed by atoms with Gasteiger partial charge in [-0.3, -0.25) is 4.79 Å². The van der Waals surface area contributed by atoms with Crippen LogP contribution in [0.25, 0.3) is 5.69 Å². The highest BCUT2D eigenvalue weighted by Crippen LogP contribution is 2.19.